The summed E-state index contributed by atoms with van der Waals surface area (Å²) >= 11 is 0. The molecule has 1 aliphatic heterocycles. The Bertz CT molecular complexity index is 777. The monoisotopic (exact) mass is 345 g/mol. The number of amides is 1. The van der Waals surface area contributed by atoms with Crippen LogP contribution in [0, 0.1) is 0 Å². The van der Waals surface area contributed by atoms with Crippen LogP contribution in [0.2, 0.25) is 0 Å². The minimum Gasteiger partial charge on any atom is -0.447 e. The van der Waals surface area contributed by atoms with Crippen LogP contribution in [0.4, 0.5) is 0 Å². The highest BCUT2D eigenvalue weighted by Gasteiger charge is 2.35. The van der Waals surface area contributed by atoms with E-state index >= 15 is 0 Å². The molecule has 1 amide bonds. The second-order valence-corrected chi connectivity index (χ2v) is 7.13. The van der Waals surface area contributed by atoms with Gasteiger partial charge in [-0.1, -0.05) is 0 Å². The molecule has 2 aliphatic rings. The molecule has 1 atom stereocenters. The normalized spacial score (nSPS) is 18.5. The fraction of sp³-hybridized carbons (Fsp3) is 0.588. The fourth-order valence-corrected chi connectivity index (χ4v) is 3.26. The van der Waals surface area contributed by atoms with E-state index in [1.807, 2.05) is 29.7 Å². The van der Waals surface area contributed by atoms with Gasteiger partial charge in [-0.05, 0) is 33.0 Å². The second-order valence-electron chi connectivity index (χ2n) is 7.13. The average Bonchev–Trinajstić information content (AvgIpc) is 3.15. The van der Waals surface area contributed by atoms with Crippen molar-refractivity contribution in [2.75, 3.05) is 27.2 Å². The molecule has 1 N–H and O–H groups in total. The van der Waals surface area contributed by atoms with Crippen LogP contribution in [0.5, 0.6) is 0 Å². The van der Waals surface area contributed by atoms with E-state index in [4.69, 9.17) is 4.42 Å². The molecule has 1 aliphatic carbocycles. The molecule has 0 spiro atoms. The summed E-state index contributed by atoms with van der Waals surface area (Å²) in [6, 6.07) is 1.89. The molecule has 1 fully saturated rings. The first-order chi connectivity index (χ1) is 12.0. The third-order valence-electron chi connectivity index (χ3n) is 4.73. The number of rotatable bonds is 5. The number of oxazole rings is 1. The quantitative estimate of drug-likeness (QED) is 0.870. The van der Waals surface area contributed by atoms with Crippen LogP contribution in [0.1, 0.15) is 52.5 Å². The molecule has 0 aromatic carbocycles. The van der Waals surface area contributed by atoms with Crippen molar-refractivity contribution in [2.24, 2.45) is 0 Å². The largest absolute Gasteiger partial charge is 0.447 e. The predicted molar refractivity (Wildman–Crippen MR) is 89.0 cm³/mol. The molecule has 8 nitrogen and oxygen atoms in total. The van der Waals surface area contributed by atoms with Gasteiger partial charge < -0.3 is 19.3 Å². The Morgan fingerprint density at radius 2 is 2.24 bits per heavy atom. The molecule has 3 heterocycles. The number of aliphatic hydroxyl groups is 1. The molecule has 0 unspecified atom stereocenters. The highest BCUT2D eigenvalue weighted by molar-refractivity contribution is 5.93. The van der Waals surface area contributed by atoms with Gasteiger partial charge in [0.2, 0.25) is 0 Å². The Morgan fingerprint density at radius 1 is 1.44 bits per heavy atom. The van der Waals surface area contributed by atoms with Crippen LogP contribution in [0.25, 0.3) is 0 Å². The Kier molecular flexibility index (Phi) is 4.09. The van der Waals surface area contributed by atoms with Crippen molar-refractivity contribution in [1.82, 2.24) is 24.6 Å². The minimum absolute atomic E-state index is 0.0847. The third kappa shape index (κ3) is 3.19. The standard InChI is InChI=1S/C17H23N5O3/c1-20(2)9-14(23)13-7-12-8-21(5-6-22(12)19-13)17(24)15-16(11-3-4-11)25-10-18-15/h7,10-11,14,23H,3-6,8-9H2,1-2H3/t14-/m1/s1. The van der Waals surface area contributed by atoms with Crippen molar-refractivity contribution < 1.29 is 14.3 Å². The first kappa shape index (κ1) is 16.3. The summed E-state index contributed by atoms with van der Waals surface area (Å²) < 4.78 is 7.31. The van der Waals surface area contributed by atoms with Gasteiger partial charge in [0.1, 0.15) is 11.9 Å². The summed E-state index contributed by atoms with van der Waals surface area (Å²) in [6.07, 6.45) is 2.87. The number of aliphatic hydroxyl groups excluding tert-OH is 1. The van der Waals surface area contributed by atoms with Crippen molar-refractivity contribution in [3.8, 4) is 0 Å². The summed E-state index contributed by atoms with van der Waals surface area (Å²) in [5.41, 5.74) is 2.03. The van der Waals surface area contributed by atoms with Crippen molar-refractivity contribution in [2.45, 2.75) is 38.0 Å². The lowest BCUT2D eigenvalue weighted by Gasteiger charge is -2.27. The Morgan fingerprint density at radius 3 is 2.96 bits per heavy atom. The maximum Gasteiger partial charge on any atom is 0.276 e. The summed E-state index contributed by atoms with van der Waals surface area (Å²) in [5.74, 6) is 0.995. The first-order valence-electron chi connectivity index (χ1n) is 8.65. The number of carbonyl (C=O) groups is 1. The van der Waals surface area contributed by atoms with E-state index < -0.39 is 6.10 Å². The fourth-order valence-electron chi connectivity index (χ4n) is 3.26. The SMILES string of the molecule is CN(C)C[C@@H](O)c1cc2n(n1)CCN(C(=O)c1ncoc1C1CC1)C2. The van der Waals surface area contributed by atoms with E-state index in [0.29, 0.717) is 43.5 Å². The Hall–Kier alpha value is -2.19. The van der Waals surface area contributed by atoms with Crippen LogP contribution >= 0.6 is 0 Å². The van der Waals surface area contributed by atoms with E-state index in [0.717, 1.165) is 24.3 Å². The van der Waals surface area contributed by atoms with Crippen molar-refractivity contribution in [1.29, 1.82) is 0 Å². The molecule has 25 heavy (non-hydrogen) atoms. The van der Waals surface area contributed by atoms with Crippen LogP contribution in [0.3, 0.4) is 0 Å². The topological polar surface area (TPSA) is 87.6 Å². The highest BCUT2D eigenvalue weighted by atomic mass is 16.3. The molecule has 4 rings (SSSR count). The lowest BCUT2D eigenvalue weighted by molar-refractivity contribution is 0.0697. The average molecular weight is 345 g/mol. The number of hydrogen-bond acceptors (Lipinski definition) is 6. The maximum absolute atomic E-state index is 12.8. The van der Waals surface area contributed by atoms with Gasteiger partial charge in [0.05, 0.1) is 24.5 Å². The maximum atomic E-state index is 12.8. The van der Waals surface area contributed by atoms with Crippen LogP contribution < -0.4 is 0 Å². The van der Waals surface area contributed by atoms with Gasteiger partial charge in [0.25, 0.3) is 5.91 Å². The molecule has 134 valence electrons. The number of nitrogens with zero attached hydrogens (tertiary/aromatic N) is 5. The zero-order chi connectivity index (χ0) is 17.6. The molecule has 1 saturated carbocycles. The first-order valence-corrected chi connectivity index (χ1v) is 8.65. The Labute approximate surface area is 146 Å². The zero-order valence-electron chi connectivity index (χ0n) is 14.6. The van der Waals surface area contributed by atoms with Crippen LogP contribution in [0.15, 0.2) is 16.9 Å². The van der Waals surface area contributed by atoms with Crippen molar-refractivity contribution >= 4 is 5.91 Å². The molecule has 2 aromatic rings. The lowest BCUT2D eigenvalue weighted by Crippen LogP contribution is -2.38. The number of carbonyl (C=O) groups excluding carboxylic acids is 1. The van der Waals surface area contributed by atoms with Crippen molar-refractivity contribution in [3.63, 3.8) is 0 Å². The van der Waals surface area contributed by atoms with E-state index in [1.54, 1.807) is 4.90 Å². The molecule has 0 saturated heterocycles. The summed E-state index contributed by atoms with van der Waals surface area (Å²) in [7, 11) is 3.82. The van der Waals surface area contributed by atoms with Gasteiger partial charge in [0, 0.05) is 19.0 Å². The molecule has 0 bridgehead atoms. The van der Waals surface area contributed by atoms with E-state index in [2.05, 4.69) is 10.1 Å². The number of likely N-dealkylation sites (N-methyl/N-ethyl adjacent to an activating group) is 1. The highest BCUT2D eigenvalue weighted by Crippen LogP contribution is 2.41. The van der Waals surface area contributed by atoms with Gasteiger partial charge in [-0.25, -0.2) is 4.98 Å². The molecular weight excluding hydrogens is 322 g/mol. The van der Waals surface area contributed by atoms with Gasteiger partial charge in [-0.3, -0.25) is 9.48 Å². The molecule has 0 radical (unpaired) electrons. The van der Waals surface area contributed by atoms with Crippen molar-refractivity contribution in [3.05, 3.63) is 35.3 Å². The van der Waals surface area contributed by atoms with E-state index in [-0.39, 0.29) is 5.91 Å². The summed E-state index contributed by atoms with van der Waals surface area (Å²) in [6.45, 7) is 2.18. The minimum atomic E-state index is -0.630. The van der Waals surface area contributed by atoms with E-state index in [1.165, 1.54) is 6.39 Å². The number of aromatic nitrogens is 3. The van der Waals surface area contributed by atoms with Gasteiger partial charge in [0.15, 0.2) is 12.1 Å². The second kappa shape index (κ2) is 6.27. The van der Waals surface area contributed by atoms with Crippen LogP contribution in [-0.4, -0.2) is 62.8 Å². The van der Waals surface area contributed by atoms with Gasteiger partial charge >= 0.3 is 0 Å². The van der Waals surface area contributed by atoms with Gasteiger partial charge in [-0.15, -0.1) is 0 Å². The van der Waals surface area contributed by atoms with E-state index in [9.17, 15) is 9.90 Å². The molecule has 8 heteroatoms. The molecule has 2 aromatic heterocycles. The smallest absolute Gasteiger partial charge is 0.276 e. The predicted octanol–water partition coefficient (Wildman–Crippen LogP) is 0.999. The zero-order valence-corrected chi connectivity index (χ0v) is 14.6. The summed E-state index contributed by atoms with van der Waals surface area (Å²) in [4.78, 5) is 20.7. The summed E-state index contributed by atoms with van der Waals surface area (Å²) in [5, 5.41) is 14.7. The lowest BCUT2D eigenvalue weighted by atomic mass is 10.2. The molecular formula is C17H23N5O3. The number of hydrogen-bond donors (Lipinski definition) is 1. The van der Waals surface area contributed by atoms with Gasteiger partial charge in [-0.2, -0.15) is 5.10 Å². The van der Waals surface area contributed by atoms with Crippen LogP contribution in [-0.2, 0) is 13.1 Å². The Balaban J connectivity index is 1.50. The third-order valence-corrected chi connectivity index (χ3v) is 4.73. The number of fused-ring (bicyclic) bond motifs is 1.